The number of hydrogen-bond acceptors (Lipinski definition) is 7. The van der Waals surface area contributed by atoms with Crippen LogP contribution in [0.2, 0.25) is 0 Å². The maximum absolute atomic E-state index is 13.8. The molecule has 1 saturated heterocycles. The maximum atomic E-state index is 13.8. The van der Waals surface area contributed by atoms with Gasteiger partial charge in [-0.25, -0.2) is 9.37 Å². The zero-order chi connectivity index (χ0) is 32.5. The minimum Gasteiger partial charge on any atom is -0.338 e. The van der Waals surface area contributed by atoms with Crippen molar-refractivity contribution in [3.8, 4) is 22.8 Å². The second kappa shape index (κ2) is 12.9. The standard InChI is InChI=1S/C35H36FN9O2/c1-3-45(28-9-11-30-29(18-28)33(40-39-30)31-10-8-27(36)19-37-31)35(47)26-12-15-43(20-26)21-32(46)44-16-13-24(14-17-44)23-4-6-25(7-5-23)34-38-22-42(2)41-34/h4-11,13,18-19,22,26H,3,12,14-17,20-21H2,1-2H3,(H,39,40)/t26-/m1/s1. The largest absolute Gasteiger partial charge is 0.338 e. The van der Waals surface area contributed by atoms with E-state index < -0.39 is 5.82 Å². The number of anilines is 1. The molecule has 2 aliphatic rings. The third-order valence-electron chi connectivity index (χ3n) is 9.07. The van der Waals surface area contributed by atoms with E-state index in [9.17, 15) is 14.0 Å². The molecule has 240 valence electrons. The Hall–Kier alpha value is -5.23. The van der Waals surface area contributed by atoms with Gasteiger partial charge in [0.15, 0.2) is 5.82 Å². The summed E-state index contributed by atoms with van der Waals surface area (Å²) in [7, 11) is 1.85. The number of aromatic nitrogens is 6. The SMILES string of the molecule is CCN(C(=O)[C@@H]1CCN(CC(=O)N2CC=C(c3ccc(-c4ncn(C)n4)cc3)CC2)C1)c1ccc2[nH]nc(-c3ccc(F)cn3)c2c1. The molecule has 0 aliphatic carbocycles. The lowest BCUT2D eigenvalue weighted by Crippen LogP contribution is -2.42. The van der Waals surface area contributed by atoms with Crippen LogP contribution in [0.3, 0.4) is 0 Å². The van der Waals surface area contributed by atoms with Crippen LogP contribution in [0.25, 0.3) is 39.3 Å². The molecule has 47 heavy (non-hydrogen) atoms. The van der Waals surface area contributed by atoms with Gasteiger partial charge in [0.05, 0.1) is 29.9 Å². The molecular formula is C35H36FN9O2. The number of amides is 2. The highest BCUT2D eigenvalue weighted by atomic mass is 19.1. The predicted molar refractivity (Wildman–Crippen MR) is 177 cm³/mol. The summed E-state index contributed by atoms with van der Waals surface area (Å²) < 4.78 is 15.1. The van der Waals surface area contributed by atoms with Gasteiger partial charge in [0.2, 0.25) is 11.8 Å². The van der Waals surface area contributed by atoms with Gasteiger partial charge in [0.1, 0.15) is 17.8 Å². The van der Waals surface area contributed by atoms with Crippen molar-refractivity contribution in [1.82, 2.24) is 39.7 Å². The number of aromatic amines is 1. The molecule has 0 spiro atoms. The van der Waals surface area contributed by atoms with Gasteiger partial charge >= 0.3 is 0 Å². The van der Waals surface area contributed by atoms with Gasteiger partial charge in [-0.15, -0.1) is 0 Å². The molecule has 2 aromatic carbocycles. The highest BCUT2D eigenvalue weighted by Crippen LogP contribution is 2.31. The number of halogens is 1. The first-order chi connectivity index (χ1) is 22.9. The second-order valence-electron chi connectivity index (χ2n) is 12.1. The summed E-state index contributed by atoms with van der Waals surface area (Å²) in [4.78, 5) is 41.3. The zero-order valence-corrected chi connectivity index (χ0v) is 26.4. The lowest BCUT2D eigenvalue weighted by molar-refractivity contribution is -0.132. The highest BCUT2D eigenvalue weighted by molar-refractivity contribution is 6.00. The summed E-state index contributed by atoms with van der Waals surface area (Å²) in [5, 5.41) is 12.6. The lowest BCUT2D eigenvalue weighted by atomic mass is 9.98. The number of fused-ring (bicyclic) bond motifs is 1. The first-order valence-electron chi connectivity index (χ1n) is 15.9. The van der Waals surface area contributed by atoms with Crippen molar-refractivity contribution in [2.75, 3.05) is 44.2 Å². The van der Waals surface area contributed by atoms with Crippen molar-refractivity contribution in [1.29, 1.82) is 0 Å². The van der Waals surface area contributed by atoms with E-state index in [4.69, 9.17) is 0 Å². The normalized spacial score (nSPS) is 16.9. The molecule has 1 N–H and O–H groups in total. The molecule has 2 aliphatic heterocycles. The van der Waals surface area contributed by atoms with Gasteiger partial charge in [0.25, 0.3) is 0 Å². The van der Waals surface area contributed by atoms with Gasteiger partial charge in [-0.1, -0.05) is 30.3 Å². The van der Waals surface area contributed by atoms with Gasteiger partial charge in [0, 0.05) is 49.9 Å². The van der Waals surface area contributed by atoms with Crippen LogP contribution in [0.15, 0.2) is 73.2 Å². The van der Waals surface area contributed by atoms with Crippen LogP contribution in [0.1, 0.15) is 25.3 Å². The lowest BCUT2D eigenvalue weighted by Gasteiger charge is -2.29. The van der Waals surface area contributed by atoms with Crippen LogP contribution in [-0.4, -0.2) is 90.8 Å². The average Bonchev–Trinajstić information content (AvgIpc) is 3.86. The van der Waals surface area contributed by atoms with E-state index in [0.717, 1.165) is 34.1 Å². The third-order valence-corrected chi connectivity index (χ3v) is 9.07. The quantitative estimate of drug-likeness (QED) is 0.267. The van der Waals surface area contributed by atoms with Crippen LogP contribution < -0.4 is 4.90 Å². The number of benzene rings is 2. The molecule has 12 heteroatoms. The smallest absolute Gasteiger partial charge is 0.237 e. The van der Waals surface area contributed by atoms with Gasteiger partial charge in [-0.05, 0) is 67.8 Å². The van der Waals surface area contributed by atoms with E-state index in [0.29, 0.717) is 62.9 Å². The Labute approximate surface area is 271 Å². The predicted octanol–water partition coefficient (Wildman–Crippen LogP) is 4.55. The van der Waals surface area contributed by atoms with Crippen LogP contribution in [0.5, 0.6) is 0 Å². The molecular weight excluding hydrogens is 597 g/mol. The first-order valence-corrected chi connectivity index (χ1v) is 15.9. The fraction of sp³-hybridized carbons (Fsp3) is 0.314. The van der Waals surface area contributed by atoms with Gasteiger partial charge < -0.3 is 9.80 Å². The topological polar surface area (TPSA) is 116 Å². The number of pyridine rings is 1. The van der Waals surface area contributed by atoms with E-state index in [2.05, 4.69) is 48.4 Å². The van der Waals surface area contributed by atoms with Crippen LogP contribution in [-0.2, 0) is 16.6 Å². The number of likely N-dealkylation sites (tertiary alicyclic amines) is 1. The van der Waals surface area contributed by atoms with E-state index >= 15 is 0 Å². The van der Waals surface area contributed by atoms with Crippen molar-refractivity contribution in [3.63, 3.8) is 0 Å². The minimum atomic E-state index is -0.413. The monoisotopic (exact) mass is 633 g/mol. The Bertz CT molecular complexity index is 1950. The maximum Gasteiger partial charge on any atom is 0.237 e. The van der Waals surface area contributed by atoms with Crippen molar-refractivity contribution in [3.05, 3.63) is 84.6 Å². The molecule has 1 fully saturated rings. The molecule has 2 amide bonds. The number of nitrogens with one attached hydrogen (secondary N) is 1. The summed E-state index contributed by atoms with van der Waals surface area (Å²) >= 11 is 0. The van der Waals surface area contributed by atoms with Gasteiger partial charge in [-0.2, -0.15) is 10.2 Å². The fourth-order valence-electron chi connectivity index (χ4n) is 6.50. The fourth-order valence-corrected chi connectivity index (χ4v) is 6.50. The van der Waals surface area contributed by atoms with Crippen molar-refractivity contribution in [2.45, 2.75) is 19.8 Å². The van der Waals surface area contributed by atoms with E-state index in [1.54, 1.807) is 22.0 Å². The number of carbonyl (C=O) groups is 2. The highest BCUT2D eigenvalue weighted by Gasteiger charge is 2.33. The molecule has 0 saturated carbocycles. The summed E-state index contributed by atoms with van der Waals surface area (Å²) in [6.07, 6.45) is 6.49. The van der Waals surface area contributed by atoms with Crippen molar-refractivity contribution in [2.24, 2.45) is 13.0 Å². The molecule has 7 rings (SSSR count). The molecule has 5 aromatic rings. The Morgan fingerprint density at radius 1 is 1.04 bits per heavy atom. The van der Waals surface area contributed by atoms with Gasteiger partial charge in [-0.3, -0.25) is 29.3 Å². The number of H-pyrrole nitrogens is 1. The zero-order valence-electron chi connectivity index (χ0n) is 26.4. The van der Waals surface area contributed by atoms with Crippen LogP contribution >= 0.6 is 0 Å². The summed E-state index contributed by atoms with van der Waals surface area (Å²) in [5.41, 5.74) is 6.08. The molecule has 5 heterocycles. The summed E-state index contributed by atoms with van der Waals surface area (Å²) in [6.45, 7) is 5.26. The van der Waals surface area contributed by atoms with Crippen molar-refractivity contribution < 1.29 is 14.0 Å². The molecule has 0 bridgehead atoms. The number of carbonyl (C=O) groups excluding carboxylic acids is 2. The molecule has 1 atom stereocenters. The Morgan fingerprint density at radius 2 is 1.87 bits per heavy atom. The molecule has 3 aromatic heterocycles. The Morgan fingerprint density at radius 3 is 2.57 bits per heavy atom. The van der Waals surface area contributed by atoms with Crippen molar-refractivity contribution >= 4 is 34.0 Å². The second-order valence-corrected chi connectivity index (χ2v) is 12.1. The minimum absolute atomic E-state index is 0.0437. The van der Waals surface area contributed by atoms with E-state index in [-0.39, 0.29) is 17.7 Å². The molecule has 0 unspecified atom stereocenters. The van der Waals surface area contributed by atoms with E-state index in [1.165, 1.54) is 17.8 Å². The number of nitrogens with zero attached hydrogens (tertiary/aromatic N) is 8. The Balaban J connectivity index is 0.955. The molecule has 11 nitrogen and oxygen atoms in total. The number of hydrogen-bond donors (Lipinski definition) is 1. The Kier molecular flexibility index (Phi) is 8.33. The first kappa shape index (κ1) is 30.4. The third kappa shape index (κ3) is 6.28. The van der Waals surface area contributed by atoms with E-state index in [1.807, 2.05) is 49.2 Å². The number of rotatable bonds is 8. The number of aryl methyl sites for hydroxylation is 1. The summed E-state index contributed by atoms with van der Waals surface area (Å²) in [5.74, 6) is 0.223. The summed E-state index contributed by atoms with van der Waals surface area (Å²) in [6, 6.07) is 16.9. The molecule has 0 radical (unpaired) electrons. The average molecular weight is 634 g/mol. The van der Waals surface area contributed by atoms with Crippen LogP contribution in [0.4, 0.5) is 10.1 Å². The van der Waals surface area contributed by atoms with Crippen LogP contribution in [0, 0.1) is 11.7 Å².